The average molecular weight is 257 g/mol. The minimum Gasteiger partial charge on any atom is -0.263 e. The van der Waals surface area contributed by atoms with Crippen molar-refractivity contribution in [2.75, 3.05) is 6.54 Å². The molecule has 0 aromatic heterocycles. The molecule has 0 bridgehead atoms. The number of benzene rings is 1. The molecule has 6 heteroatoms. The van der Waals surface area contributed by atoms with Crippen LogP contribution in [0.25, 0.3) is 0 Å². The van der Waals surface area contributed by atoms with Crippen LogP contribution in [-0.4, -0.2) is 34.2 Å². The predicted octanol–water partition coefficient (Wildman–Crippen LogP) is 1.06. The third-order valence-electron chi connectivity index (χ3n) is 2.98. The fourth-order valence-corrected chi connectivity index (χ4v) is 1.95. The molecule has 2 rings (SSSR count). The number of carbonyl (C=O) groups is 3. The lowest BCUT2D eigenvalue weighted by molar-refractivity contribution is -0.143. The molecule has 19 heavy (non-hydrogen) atoms. The summed E-state index contributed by atoms with van der Waals surface area (Å²) in [6.45, 7) is 1.25. The van der Waals surface area contributed by atoms with Gasteiger partial charge in [0.2, 0.25) is 0 Å². The van der Waals surface area contributed by atoms with Crippen LogP contribution < -0.4 is 0 Å². The van der Waals surface area contributed by atoms with Crippen molar-refractivity contribution in [2.24, 2.45) is 0 Å². The molecule has 1 atom stereocenters. The Labute approximate surface area is 109 Å². The number of rotatable bonds is 3. The second-order valence-electron chi connectivity index (χ2n) is 4.09. The maximum atomic E-state index is 12.0. The first kappa shape index (κ1) is 12.8. The first-order valence-electron chi connectivity index (χ1n) is 5.69. The Bertz CT molecular complexity index is 577. The normalized spacial score (nSPS) is 16.7. The zero-order valence-corrected chi connectivity index (χ0v) is 10.2. The molecular weight excluding hydrogens is 246 g/mol. The zero-order chi connectivity index (χ0) is 14.0. The van der Waals surface area contributed by atoms with Crippen LogP contribution in [0.5, 0.6) is 0 Å². The van der Waals surface area contributed by atoms with Crippen LogP contribution in [0.3, 0.4) is 0 Å². The van der Waals surface area contributed by atoms with Gasteiger partial charge in [0.05, 0.1) is 12.1 Å². The standard InChI is InChI=1S/C13H11N3O3/c1-9(10-5-3-2-4-6-10)16-12(18)11(17)15(8-7-14)13(16)19/h2-6,9H,8H2,1H3/t9-/m1/s1. The molecule has 1 heterocycles. The molecule has 0 N–H and O–H groups in total. The van der Waals surface area contributed by atoms with Crippen molar-refractivity contribution >= 4 is 17.8 Å². The smallest absolute Gasteiger partial charge is 0.263 e. The van der Waals surface area contributed by atoms with Gasteiger partial charge in [-0.1, -0.05) is 30.3 Å². The maximum absolute atomic E-state index is 12.0. The van der Waals surface area contributed by atoms with E-state index in [1.165, 1.54) is 0 Å². The lowest BCUT2D eigenvalue weighted by Crippen LogP contribution is -2.35. The van der Waals surface area contributed by atoms with E-state index >= 15 is 0 Å². The summed E-state index contributed by atoms with van der Waals surface area (Å²) in [5, 5.41) is 8.56. The first-order chi connectivity index (χ1) is 9.07. The van der Waals surface area contributed by atoms with E-state index < -0.39 is 30.4 Å². The highest BCUT2D eigenvalue weighted by atomic mass is 16.2. The number of carbonyl (C=O) groups excluding carboxylic acids is 3. The maximum Gasteiger partial charge on any atom is 0.335 e. The van der Waals surface area contributed by atoms with Gasteiger partial charge in [-0.05, 0) is 12.5 Å². The number of hydrogen-bond acceptors (Lipinski definition) is 4. The quantitative estimate of drug-likeness (QED) is 0.460. The highest BCUT2D eigenvalue weighted by Crippen LogP contribution is 2.25. The van der Waals surface area contributed by atoms with Gasteiger partial charge in [-0.15, -0.1) is 0 Å². The van der Waals surface area contributed by atoms with Crippen LogP contribution in [0.4, 0.5) is 4.79 Å². The molecule has 0 aliphatic carbocycles. The summed E-state index contributed by atoms with van der Waals surface area (Å²) in [6, 6.07) is 9.32. The summed E-state index contributed by atoms with van der Waals surface area (Å²) >= 11 is 0. The van der Waals surface area contributed by atoms with Gasteiger partial charge < -0.3 is 0 Å². The van der Waals surface area contributed by atoms with E-state index in [0.29, 0.717) is 4.90 Å². The van der Waals surface area contributed by atoms with Gasteiger partial charge >= 0.3 is 17.8 Å². The average Bonchev–Trinajstić information content (AvgIpc) is 2.64. The Morgan fingerprint density at radius 2 is 1.79 bits per heavy atom. The van der Waals surface area contributed by atoms with E-state index in [-0.39, 0.29) is 0 Å². The van der Waals surface area contributed by atoms with Crippen molar-refractivity contribution in [1.82, 2.24) is 9.80 Å². The van der Waals surface area contributed by atoms with Crippen LogP contribution in [0.15, 0.2) is 30.3 Å². The molecule has 0 saturated carbocycles. The van der Waals surface area contributed by atoms with E-state index in [1.807, 2.05) is 6.07 Å². The molecule has 0 spiro atoms. The minimum absolute atomic E-state index is 0.415. The van der Waals surface area contributed by atoms with Crippen LogP contribution >= 0.6 is 0 Å². The van der Waals surface area contributed by atoms with Crippen LogP contribution in [0.2, 0.25) is 0 Å². The predicted molar refractivity (Wildman–Crippen MR) is 64.4 cm³/mol. The Morgan fingerprint density at radius 3 is 2.37 bits per heavy atom. The summed E-state index contributed by atoms with van der Waals surface area (Å²) in [6.07, 6.45) is 0. The number of hydrogen-bond donors (Lipinski definition) is 0. The van der Waals surface area contributed by atoms with E-state index in [9.17, 15) is 14.4 Å². The number of nitrogens with zero attached hydrogens (tertiary/aromatic N) is 3. The van der Waals surface area contributed by atoms with E-state index in [4.69, 9.17) is 5.26 Å². The number of amides is 4. The highest BCUT2D eigenvalue weighted by Gasteiger charge is 2.46. The van der Waals surface area contributed by atoms with E-state index in [2.05, 4.69) is 0 Å². The molecule has 0 radical (unpaired) electrons. The van der Waals surface area contributed by atoms with Crippen molar-refractivity contribution in [3.8, 4) is 6.07 Å². The lowest BCUT2D eigenvalue weighted by Gasteiger charge is -2.21. The molecular formula is C13H11N3O3. The zero-order valence-electron chi connectivity index (χ0n) is 10.2. The van der Waals surface area contributed by atoms with Crippen LogP contribution in [-0.2, 0) is 9.59 Å². The van der Waals surface area contributed by atoms with Crippen molar-refractivity contribution in [3.63, 3.8) is 0 Å². The highest BCUT2D eigenvalue weighted by molar-refractivity contribution is 6.44. The largest absolute Gasteiger partial charge is 0.335 e. The molecule has 96 valence electrons. The molecule has 0 unspecified atom stereocenters. The monoisotopic (exact) mass is 257 g/mol. The fourth-order valence-electron chi connectivity index (χ4n) is 1.95. The Hall–Kier alpha value is -2.68. The van der Waals surface area contributed by atoms with Crippen molar-refractivity contribution in [1.29, 1.82) is 5.26 Å². The SMILES string of the molecule is C[C@H](c1ccccc1)N1C(=O)C(=O)N(CC#N)C1=O. The van der Waals surface area contributed by atoms with Gasteiger partial charge in [-0.3, -0.25) is 9.59 Å². The third-order valence-corrected chi connectivity index (χ3v) is 2.98. The van der Waals surface area contributed by atoms with Crippen molar-refractivity contribution < 1.29 is 14.4 Å². The number of imide groups is 2. The van der Waals surface area contributed by atoms with Crippen LogP contribution in [0, 0.1) is 11.3 Å². The summed E-state index contributed by atoms with van der Waals surface area (Å²) in [5.41, 5.74) is 0.746. The lowest BCUT2D eigenvalue weighted by atomic mass is 10.1. The van der Waals surface area contributed by atoms with Crippen LogP contribution in [0.1, 0.15) is 18.5 Å². The second-order valence-corrected chi connectivity index (χ2v) is 4.09. The second kappa shape index (κ2) is 4.90. The van der Waals surface area contributed by atoms with Gasteiger partial charge in [-0.25, -0.2) is 14.6 Å². The van der Waals surface area contributed by atoms with Gasteiger partial charge in [-0.2, -0.15) is 5.26 Å². The van der Waals surface area contributed by atoms with Gasteiger partial charge in [0.1, 0.15) is 6.54 Å². The molecule has 1 fully saturated rings. The number of urea groups is 1. The molecule has 1 aromatic rings. The Balaban J connectivity index is 2.31. The van der Waals surface area contributed by atoms with Gasteiger partial charge in [0.15, 0.2) is 0 Å². The van der Waals surface area contributed by atoms with Gasteiger partial charge in [0.25, 0.3) is 0 Å². The topological polar surface area (TPSA) is 81.5 Å². The van der Waals surface area contributed by atoms with Gasteiger partial charge in [0, 0.05) is 0 Å². The first-order valence-corrected chi connectivity index (χ1v) is 5.69. The van der Waals surface area contributed by atoms with E-state index in [0.717, 1.165) is 10.5 Å². The molecule has 1 saturated heterocycles. The molecule has 1 aliphatic heterocycles. The summed E-state index contributed by atoms with van der Waals surface area (Å²) in [4.78, 5) is 37.0. The molecule has 4 amide bonds. The van der Waals surface area contributed by atoms with Crippen molar-refractivity contribution in [2.45, 2.75) is 13.0 Å². The molecule has 1 aliphatic rings. The number of nitriles is 1. The third kappa shape index (κ3) is 2.06. The molecule has 6 nitrogen and oxygen atoms in total. The van der Waals surface area contributed by atoms with E-state index in [1.54, 1.807) is 37.3 Å². The summed E-state index contributed by atoms with van der Waals surface area (Å²) in [5.74, 6) is -1.84. The summed E-state index contributed by atoms with van der Waals surface area (Å²) < 4.78 is 0. The fraction of sp³-hybridized carbons (Fsp3) is 0.231. The summed E-state index contributed by atoms with van der Waals surface area (Å²) in [7, 11) is 0. The Morgan fingerprint density at radius 1 is 1.16 bits per heavy atom. The Kier molecular flexibility index (Phi) is 3.29. The molecule has 1 aromatic carbocycles. The minimum atomic E-state index is -0.950. The van der Waals surface area contributed by atoms with Crippen molar-refractivity contribution in [3.05, 3.63) is 35.9 Å².